The molecule has 1 atom stereocenters. The van der Waals surface area contributed by atoms with E-state index in [-0.39, 0.29) is 11.6 Å². The maximum Gasteiger partial charge on any atom is 0.311 e. The summed E-state index contributed by atoms with van der Waals surface area (Å²) in [5, 5.41) is 0. The van der Waals surface area contributed by atoms with Crippen LogP contribution in [-0.2, 0) is 11.2 Å². The van der Waals surface area contributed by atoms with Crippen LogP contribution in [-0.4, -0.2) is 47.6 Å². The summed E-state index contributed by atoms with van der Waals surface area (Å²) in [6.07, 6.45) is 11.9. The Labute approximate surface area is 223 Å². The molecule has 4 nitrogen and oxygen atoms in total. The zero-order valence-corrected chi connectivity index (χ0v) is 23.9. The first-order valence-electron chi connectivity index (χ1n) is 14.5. The first-order chi connectivity index (χ1) is 17.4. The van der Waals surface area contributed by atoms with Crippen LogP contribution in [0.5, 0.6) is 11.5 Å². The molecule has 0 saturated carbocycles. The van der Waals surface area contributed by atoms with Crippen molar-refractivity contribution in [3.8, 4) is 11.5 Å². The highest BCUT2D eigenvalue weighted by atomic mass is 32.2. The molecule has 200 valence electrons. The van der Waals surface area contributed by atoms with Gasteiger partial charge in [-0.3, -0.25) is 4.79 Å². The van der Waals surface area contributed by atoms with Gasteiger partial charge in [-0.1, -0.05) is 39.5 Å². The maximum atomic E-state index is 13.0. The van der Waals surface area contributed by atoms with Crippen molar-refractivity contribution in [1.29, 1.82) is 0 Å². The molecule has 1 fully saturated rings. The fourth-order valence-electron chi connectivity index (χ4n) is 6.01. The van der Waals surface area contributed by atoms with E-state index in [4.69, 9.17) is 9.47 Å². The zero-order chi connectivity index (χ0) is 25.5. The number of esters is 1. The van der Waals surface area contributed by atoms with Gasteiger partial charge >= 0.3 is 5.97 Å². The number of rotatable bonds is 12. The average molecular weight is 514 g/mol. The van der Waals surface area contributed by atoms with Crippen LogP contribution in [0.25, 0.3) is 5.57 Å². The zero-order valence-electron chi connectivity index (χ0n) is 23.1. The summed E-state index contributed by atoms with van der Waals surface area (Å²) < 4.78 is 12.7. The minimum atomic E-state index is -0.293. The van der Waals surface area contributed by atoms with Gasteiger partial charge in [-0.05, 0) is 93.7 Å². The first-order valence-corrected chi connectivity index (χ1v) is 15.6. The SMILES string of the molecule is CCCCCC(C)CCc1cc(OC(=O)CCCN2CCSCC2)c2c(c1)OC(C)(C)C1=C2CCC1. The Kier molecular flexibility index (Phi) is 9.85. The smallest absolute Gasteiger partial charge is 0.311 e. The molecular weight excluding hydrogens is 466 g/mol. The van der Waals surface area contributed by atoms with Gasteiger partial charge in [0, 0.05) is 31.0 Å². The molecule has 1 aromatic rings. The second-order valence-electron chi connectivity index (χ2n) is 11.6. The molecule has 1 aromatic carbocycles. The van der Waals surface area contributed by atoms with Gasteiger partial charge in [-0.25, -0.2) is 0 Å². The number of nitrogens with zero attached hydrogens (tertiary/aromatic N) is 1. The molecule has 1 unspecified atom stereocenters. The molecule has 0 bridgehead atoms. The number of hydrogen-bond acceptors (Lipinski definition) is 5. The van der Waals surface area contributed by atoms with Gasteiger partial charge < -0.3 is 14.4 Å². The molecule has 0 aromatic heterocycles. The number of fused-ring (bicyclic) bond motifs is 2. The minimum Gasteiger partial charge on any atom is -0.483 e. The van der Waals surface area contributed by atoms with Crippen LogP contribution in [0.4, 0.5) is 0 Å². The van der Waals surface area contributed by atoms with E-state index >= 15 is 0 Å². The lowest BCUT2D eigenvalue weighted by Crippen LogP contribution is -2.34. The lowest BCUT2D eigenvalue weighted by atomic mass is 9.86. The fraction of sp³-hybridized carbons (Fsp3) is 0.710. The van der Waals surface area contributed by atoms with Crippen LogP contribution in [0.15, 0.2) is 17.7 Å². The van der Waals surface area contributed by atoms with Crippen molar-refractivity contribution in [3.05, 3.63) is 28.8 Å². The predicted molar refractivity (Wildman–Crippen MR) is 152 cm³/mol. The van der Waals surface area contributed by atoms with Gasteiger partial charge in [-0.15, -0.1) is 0 Å². The summed E-state index contributed by atoms with van der Waals surface area (Å²) in [5.74, 6) is 4.63. The maximum absolute atomic E-state index is 13.0. The summed E-state index contributed by atoms with van der Waals surface area (Å²) >= 11 is 2.02. The van der Waals surface area contributed by atoms with E-state index in [1.807, 2.05) is 11.8 Å². The highest BCUT2D eigenvalue weighted by Gasteiger charge is 2.39. The first kappa shape index (κ1) is 27.6. The van der Waals surface area contributed by atoms with Gasteiger partial charge in [0.1, 0.15) is 17.1 Å². The van der Waals surface area contributed by atoms with E-state index < -0.39 is 0 Å². The van der Waals surface area contributed by atoms with Crippen LogP contribution in [0, 0.1) is 5.92 Å². The second kappa shape index (κ2) is 12.9. The number of unbranched alkanes of at least 4 members (excludes halogenated alkanes) is 2. The summed E-state index contributed by atoms with van der Waals surface area (Å²) in [6.45, 7) is 12.3. The highest BCUT2D eigenvalue weighted by molar-refractivity contribution is 7.99. The molecule has 0 amide bonds. The normalized spacial score (nSPS) is 20.0. The Morgan fingerprint density at radius 3 is 2.72 bits per heavy atom. The van der Waals surface area contributed by atoms with Crippen LogP contribution in [0.3, 0.4) is 0 Å². The molecule has 1 aliphatic carbocycles. The summed E-state index contributed by atoms with van der Waals surface area (Å²) in [4.78, 5) is 15.5. The molecule has 0 N–H and O–H groups in total. The third-order valence-electron chi connectivity index (χ3n) is 8.15. The van der Waals surface area contributed by atoms with Crippen molar-refractivity contribution in [2.24, 2.45) is 5.92 Å². The van der Waals surface area contributed by atoms with E-state index in [1.165, 1.54) is 53.9 Å². The van der Waals surface area contributed by atoms with Crippen LogP contribution >= 0.6 is 11.8 Å². The standard InChI is InChI=1S/C31H47NO3S/c1-5-6-7-10-23(2)14-15-24-21-27(34-29(33)13-9-16-32-17-19-36-20-18-32)30-25-11-8-12-26(25)31(3,4)35-28(30)22-24/h21-23H,5-20H2,1-4H3. The lowest BCUT2D eigenvalue weighted by molar-refractivity contribution is -0.134. The number of thioether (sulfide) groups is 1. The van der Waals surface area contributed by atoms with Crippen LogP contribution in [0.2, 0.25) is 0 Å². The number of hydrogen-bond donors (Lipinski definition) is 0. The molecular formula is C31H47NO3S. The second-order valence-corrected chi connectivity index (χ2v) is 12.8. The summed E-state index contributed by atoms with van der Waals surface area (Å²) in [5.41, 5.74) is 4.71. The van der Waals surface area contributed by atoms with Gasteiger partial charge in [-0.2, -0.15) is 11.8 Å². The van der Waals surface area contributed by atoms with Crippen molar-refractivity contribution in [3.63, 3.8) is 0 Å². The number of benzene rings is 1. The number of ether oxygens (including phenoxy) is 2. The molecule has 0 spiro atoms. The van der Waals surface area contributed by atoms with E-state index in [9.17, 15) is 4.79 Å². The Bertz CT molecular complexity index is 932. The summed E-state index contributed by atoms with van der Waals surface area (Å²) in [6, 6.07) is 4.37. The number of carbonyl (C=O) groups is 1. The quantitative estimate of drug-likeness (QED) is 0.163. The molecule has 36 heavy (non-hydrogen) atoms. The highest BCUT2D eigenvalue weighted by Crippen LogP contribution is 2.52. The van der Waals surface area contributed by atoms with Gasteiger partial charge in [0.15, 0.2) is 0 Å². The monoisotopic (exact) mass is 513 g/mol. The van der Waals surface area contributed by atoms with E-state index in [0.717, 1.165) is 75.2 Å². The van der Waals surface area contributed by atoms with Crippen LogP contribution < -0.4 is 9.47 Å². The van der Waals surface area contributed by atoms with E-state index in [0.29, 0.717) is 12.3 Å². The van der Waals surface area contributed by atoms with E-state index in [2.05, 4.69) is 44.7 Å². The third-order valence-corrected chi connectivity index (χ3v) is 9.09. The van der Waals surface area contributed by atoms with Crippen molar-refractivity contribution < 1.29 is 14.3 Å². The molecule has 4 rings (SSSR count). The van der Waals surface area contributed by atoms with Crippen LogP contribution in [0.1, 0.15) is 103 Å². The van der Waals surface area contributed by atoms with Crippen molar-refractivity contribution in [2.75, 3.05) is 31.1 Å². The Morgan fingerprint density at radius 2 is 1.94 bits per heavy atom. The number of allylic oxidation sites excluding steroid dienone is 1. The Hall–Kier alpha value is -1.46. The largest absolute Gasteiger partial charge is 0.483 e. The Balaban J connectivity index is 1.48. The van der Waals surface area contributed by atoms with Crippen molar-refractivity contribution in [2.45, 2.75) is 104 Å². The molecule has 5 heteroatoms. The van der Waals surface area contributed by atoms with Crippen molar-refractivity contribution >= 4 is 23.3 Å². The minimum absolute atomic E-state index is 0.112. The number of aryl methyl sites for hydroxylation is 1. The fourth-order valence-corrected chi connectivity index (χ4v) is 6.99. The molecule has 0 radical (unpaired) electrons. The molecule has 1 saturated heterocycles. The van der Waals surface area contributed by atoms with Gasteiger partial charge in [0.2, 0.25) is 0 Å². The lowest BCUT2D eigenvalue weighted by Gasteiger charge is -2.35. The average Bonchev–Trinajstić information content (AvgIpc) is 3.34. The third kappa shape index (κ3) is 7.10. The predicted octanol–water partition coefficient (Wildman–Crippen LogP) is 7.68. The molecule has 3 aliphatic rings. The Morgan fingerprint density at radius 1 is 1.14 bits per heavy atom. The van der Waals surface area contributed by atoms with E-state index in [1.54, 1.807) is 0 Å². The summed E-state index contributed by atoms with van der Waals surface area (Å²) in [7, 11) is 0. The molecule has 2 aliphatic heterocycles. The van der Waals surface area contributed by atoms with Gasteiger partial charge in [0.25, 0.3) is 0 Å². The molecule has 2 heterocycles. The number of carbonyl (C=O) groups excluding carboxylic acids is 1. The van der Waals surface area contributed by atoms with Gasteiger partial charge in [0.05, 0.1) is 5.56 Å². The van der Waals surface area contributed by atoms with Crippen molar-refractivity contribution in [1.82, 2.24) is 4.90 Å². The topological polar surface area (TPSA) is 38.8 Å².